The Bertz CT molecular complexity index is 302. The zero-order chi connectivity index (χ0) is 11.2. The van der Waals surface area contributed by atoms with E-state index in [4.69, 9.17) is 0 Å². The highest BCUT2D eigenvalue weighted by atomic mass is 15.3. The first-order chi connectivity index (χ1) is 7.92. The highest BCUT2D eigenvalue weighted by Gasteiger charge is 2.17. The van der Waals surface area contributed by atoms with Crippen molar-refractivity contribution in [2.75, 3.05) is 13.6 Å². The lowest BCUT2D eigenvalue weighted by Gasteiger charge is -2.23. The molecule has 0 bridgehead atoms. The Balaban J connectivity index is 1.94. The van der Waals surface area contributed by atoms with Crippen LogP contribution in [0.25, 0.3) is 0 Å². The second-order valence-electron chi connectivity index (χ2n) is 4.65. The largest absolute Gasteiger partial charge is 0.320 e. The summed E-state index contributed by atoms with van der Waals surface area (Å²) in [5.41, 5.74) is 0. The zero-order valence-electron chi connectivity index (χ0n) is 10.2. The van der Waals surface area contributed by atoms with Crippen molar-refractivity contribution in [2.45, 2.75) is 51.0 Å². The highest BCUT2D eigenvalue weighted by Crippen LogP contribution is 2.28. The molecule has 0 saturated heterocycles. The molecule has 0 atom stereocenters. The van der Waals surface area contributed by atoms with Crippen LogP contribution in [0.1, 0.15) is 50.4 Å². The Morgan fingerprint density at radius 1 is 1.38 bits per heavy atom. The van der Waals surface area contributed by atoms with Crippen molar-refractivity contribution in [2.24, 2.45) is 0 Å². The molecule has 2 rings (SSSR count). The van der Waals surface area contributed by atoms with Crippen LogP contribution >= 0.6 is 0 Å². The van der Waals surface area contributed by atoms with Crippen LogP contribution < -0.4 is 5.32 Å². The number of nitrogens with one attached hydrogen (secondary N) is 1. The molecule has 0 unspecified atom stereocenters. The average molecular weight is 222 g/mol. The van der Waals surface area contributed by atoms with Crippen molar-refractivity contribution in [3.8, 4) is 0 Å². The first-order valence-electron chi connectivity index (χ1n) is 6.45. The lowest BCUT2D eigenvalue weighted by atomic mass is 9.95. The summed E-state index contributed by atoms with van der Waals surface area (Å²) in [4.78, 5) is 0. The van der Waals surface area contributed by atoms with Crippen LogP contribution in [0.3, 0.4) is 0 Å². The van der Waals surface area contributed by atoms with E-state index in [2.05, 4.69) is 20.1 Å². The summed E-state index contributed by atoms with van der Waals surface area (Å²) in [6.07, 6.45) is 10.8. The van der Waals surface area contributed by atoms with Gasteiger partial charge in [0.25, 0.3) is 0 Å². The number of nitrogens with zero attached hydrogens (tertiary/aromatic N) is 3. The summed E-state index contributed by atoms with van der Waals surface area (Å²) in [5.74, 6) is 1.17. The van der Waals surface area contributed by atoms with E-state index in [9.17, 15) is 0 Å². The molecule has 4 heteroatoms. The predicted molar refractivity (Wildman–Crippen MR) is 64.4 cm³/mol. The number of rotatable bonds is 5. The predicted octanol–water partition coefficient (Wildman–Crippen LogP) is 1.94. The average Bonchev–Trinajstić information content (AvgIpc) is 2.79. The third-order valence-corrected chi connectivity index (χ3v) is 3.44. The van der Waals surface area contributed by atoms with Gasteiger partial charge in [-0.25, -0.2) is 0 Å². The van der Waals surface area contributed by atoms with Gasteiger partial charge in [-0.2, -0.15) is 0 Å². The standard InChI is InChI=1S/C12H22N4/c1-13-9-5-8-12-15-14-10-16(12)11-6-3-2-4-7-11/h10-11,13H,2-9H2,1H3. The minimum Gasteiger partial charge on any atom is -0.320 e. The SMILES string of the molecule is CNCCCc1nncn1C1CCCCC1. The Morgan fingerprint density at radius 2 is 2.19 bits per heavy atom. The first kappa shape index (κ1) is 11.6. The molecule has 1 saturated carbocycles. The topological polar surface area (TPSA) is 42.7 Å². The van der Waals surface area contributed by atoms with Gasteiger partial charge in [0, 0.05) is 12.5 Å². The van der Waals surface area contributed by atoms with Crippen LogP contribution in [-0.2, 0) is 6.42 Å². The summed E-state index contributed by atoms with van der Waals surface area (Å²) in [6, 6.07) is 0.660. The molecule has 4 nitrogen and oxygen atoms in total. The number of aryl methyl sites for hydroxylation is 1. The molecule has 1 aliphatic rings. The van der Waals surface area contributed by atoms with Crippen LogP contribution in [0, 0.1) is 0 Å². The molecule has 90 valence electrons. The van der Waals surface area contributed by atoms with Crippen molar-refractivity contribution in [1.82, 2.24) is 20.1 Å². The van der Waals surface area contributed by atoms with Gasteiger partial charge in [-0.05, 0) is 32.9 Å². The molecular formula is C12H22N4. The fourth-order valence-electron chi connectivity index (χ4n) is 2.53. The van der Waals surface area contributed by atoms with E-state index < -0.39 is 0 Å². The van der Waals surface area contributed by atoms with Crippen LogP contribution in [0.4, 0.5) is 0 Å². The molecule has 1 aromatic heterocycles. The number of hydrogen-bond donors (Lipinski definition) is 1. The molecule has 1 fully saturated rings. The molecular weight excluding hydrogens is 200 g/mol. The monoisotopic (exact) mass is 222 g/mol. The van der Waals surface area contributed by atoms with Gasteiger partial charge >= 0.3 is 0 Å². The molecule has 0 spiro atoms. The van der Waals surface area contributed by atoms with Gasteiger partial charge in [0.05, 0.1) is 0 Å². The summed E-state index contributed by atoms with van der Waals surface area (Å²) in [7, 11) is 1.99. The van der Waals surface area contributed by atoms with Crippen molar-refractivity contribution < 1.29 is 0 Å². The van der Waals surface area contributed by atoms with Gasteiger partial charge < -0.3 is 9.88 Å². The molecule has 1 aromatic rings. The molecule has 1 aliphatic carbocycles. The van der Waals surface area contributed by atoms with Crippen molar-refractivity contribution in [3.63, 3.8) is 0 Å². The lowest BCUT2D eigenvalue weighted by molar-refractivity contribution is 0.344. The molecule has 0 aromatic carbocycles. The fourth-order valence-corrected chi connectivity index (χ4v) is 2.53. The summed E-state index contributed by atoms with van der Waals surface area (Å²) in [6.45, 7) is 1.05. The first-order valence-corrected chi connectivity index (χ1v) is 6.45. The van der Waals surface area contributed by atoms with E-state index in [1.807, 2.05) is 13.4 Å². The van der Waals surface area contributed by atoms with Crippen LogP contribution in [0.5, 0.6) is 0 Å². The second kappa shape index (κ2) is 5.99. The quantitative estimate of drug-likeness (QED) is 0.774. The van der Waals surface area contributed by atoms with Gasteiger partial charge in [-0.3, -0.25) is 0 Å². The van der Waals surface area contributed by atoms with Gasteiger partial charge in [-0.1, -0.05) is 19.3 Å². The normalized spacial score (nSPS) is 17.8. The van der Waals surface area contributed by atoms with Crippen molar-refractivity contribution >= 4 is 0 Å². The van der Waals surface area contributed by atoms with E-state index in [1.165, 1.54) is 37.9 Å². The lowest BCUT2D eigenvalue weighted by Crippen LogP contribution is -2.16. The van der Waals surface area contributed by atoms with Crippen LogP contribution in [-0.4, -0.2) is 28.4 Å². The van der Waals surface area contributed by atoms with E-state index in [1.54, 1.807) is 0 Å². The van der Waals surface area contributed by atoms with E-state index in [0.29, 0.717) is 6.04 Å². The zero-order valence-corrected chi connectivity index (χ0v) is 10.2. The molecule has 1 heterocycles. The van der Waals surface area contributed by atoms with E-state index >= 15 is 0 Å². The maximum absolute atomic E-state index is 4.25. The Morgan fingerprint density at radius 3 is 2.94 bits per heavy atom. The Hall–Kier alpha value is -0.900. The minimum absolute atomic E-state index is 0.660. The minimum atomic E-state index is 0.660. The maximum Gasteiger partial charge on any atom is 0.133 e. The molecule has 1 N–H and O–H groups in total. The molecule has 0 aliphatic heterocycles. The Labute approximate surface area is 97.5 Å². The van der Waals surface area contributed by atoms with Crippen molar-refractivity contribution in [3.05, 3.63) is 12.2 Å². The van der Waals surface area contributed by atoms with Crippen molar-refractivity contribution in [1.29, 1.82) is 0 Å². The smallest absolute Gasteiger partial charge is 0.133 e. The van der Waals surface area contributed by atoms with E-state index in [0.717, 1.165) is 19.4 Å². The Kier molecular flexibility index (Phi) is 4.34. The number of aromatic nitrogens is 3. The summed E-state index contributed by atoms with van der Waals surface area (Å²) in [5, 5.41) is 11.5. The molecule has 0 radical (unpaired) electrons. The molecule has 0 amide bonds. The highest BCUT2D eigenvalue weighted by molar-refractivity contribution is 4.91. The van der Waals surface area contributed by atoms with Crippen LogP contribution in [0.15, 0.2) is 6.33 Å². The van der Waals surface area contributed by atoms with Gasteiger partial charge in [0.2, 0.25) is 0 Å². The summed E-state index contributed by atoms with van der Waals surface area (Å²) < 4.78 is 2.31. The third kappa shape index (κ3) is 2.82. The third-order valence-electron chi connectivity index (χ3n) is 3.44. The van der Waals surface area contributed by atoms with E-state index in [-0.39, 0.29) is 0 Å². The maximum atomic E-state index is 4.25. The van der Waals surface area contributed by atoms with Gasteiger partial charge in [-0.15, -0.1) is 10.2 Å². The summed E-state index contributed by atoms with van der Waals surface area (Å²) >= 11 is 0. The van der Waals surface area contributed by atoms with Crippen LogP contribution in [0.2, 0.25) is 0 Å². The molecule has 16 heavy (non-hydrogen) atoms. The second-order valence-corrected chi connectivity index (χ2v) is 4.65. The fraction of sp³-hybridized carbons (Fsp3) is 0.833. The van der Waals surface area contributed by atoms with Gasteiger partial charge in [0.15, 0.2) is 0 Å². The van der Waals surface area contributed by atoms with Gasteiger partial charge in [0.1, 0.15) is 12.2 Å². The number of hydrogen-bond acceptors (Lipinski definition) is 3.